The molecule has 120 valence electrons. The smallest absolute Gasteiger partial charge is 0.339 e. The Balaban J connectivity index is 1.96. The largest absolute Gasteiger partial charge is 0.478 e. The molecule has 0 fully saturated rings. The van der Waals surface area contributed by atoms with Crippen molar-refractivity contribution < 1.29 is 14.7 Å². The minimum absolute atomic E-state index is 0.0756. The third-order valence-corrected chi connectivity index (χ3v) is 5.24. The SMILES string of the molecule is CC1(C)CCc2sc(NC(=O)c3ccncn3)c(C(=O)O)c2C1. The van der Waals surface area contributed by atoms with Crippen molar-refractivity contribution in [2.24, 2.45) is 5.41 Å². The summed E-state index contributed by atoms with van der Waals surface area (Å²) in [6, 6.07) is 1.49. The number of nitrogens with zero attached hydrogens (tertiary/aromatic N) is 2. The number of hydrogen-bond acceptors (Lipinski definition) is 5. The van der Waals surface area contributed by atoms with Gasteiger partial charge in [0.2, 0.25) is 0 Å². The minimum Gasteiger partial charge on any atom is -0.478 e. The Morgan fingerprint density at radius 2 is 2.17 bits per heavy atom. The van der Waals surface area contributed by atoms with Crippen LogP contribution in [0, 0.1) is 5.41 Å². The number of amides is 1. The van der Waals surface area contributed by atoms with E-state index in [4.69, 9.17) is 0 Å². The molecule has 6 nitrogen and oxygen atoms in total. The second kappa shape index (κ2) is 5.73. The molecule has 1 amide bonds. The number of carbonyl (C=O) groups excluding carboxylic acids is 1. The van der Waals surface area contributed by atoms with E-state index in [1.165, 1.54) is 29.9 Å². The predicted octanol–water partition coefficient (Wildman–Crippen LogP) is 3.00. The van der Waals surface area contributed by atoms with E-state index in [2.05, 4.69) is 29.1 Å². The highest BCUT2D eigenvalue weighted by molar-refractivity contribution is 7.17. The molecule has 23 heavy (non-hydrogen) atoms. The Labute approximate surface area is 137 Å². The average molecular weight is 331 g/mol. The summed E-state index contributed by atoms with van der Waals surface area (Å²) in [5.41, 5.74) is 1.37. The zero-order chi connectivity index (χ0) is 16.6. The molecular weight excluding hydrogens is 314 g/mol. The molecule has 0 aliphatic heterocycles. The summed E-state index contributed by atoms with van der Waals surface area (Å²) in [6.45, 7) is 4.27. The third kappa shape index (κ3) is 3.10. The van der Waals surface area contributed by atoms with Gasteiger partial charge in [-0.1, -0.05) is 13.8 Å². The van der Waals surface area contributed by atoms with Gasteiger partial charge >= 0.3 is 5.97 Å². The first-order valence-electron chi connectivity index (χ1n) is 7.32. The van der Waals surface area contributed by atoms with Crippen molar-refractivity contribution >= 4 is 28.2 Å². The number of aromatic nitrogens is 2. The molecule has 0 saturated carbocycles. The van der Waals surface area contributed by atoms with Gasteiger partial charge in [-0.05, 0) is 36.3 Å². The van der Waals surface area contributed by atoms with Crippen LogP contribution in [0.15, 0.2) is 18.6 Å². The van der Waals surface area contributed by atoms with Gasteiger partial charge in [-0.25, -0.2) is 14.8 Å². The van der Waals surface area contributed by atoms with Gasteiger partial charge in [-0.15, -0.1) is 11.3 Å². The highest BCUT2D eigenvalue weighted by atomic mass is 32.1. The second-order valence-corrected chi connectivity index (χ2v) is 7.51. The van der Waals surface area contributed by atoms with Crippen LogP contribution in [0.4, 0.5) is 5.00 Å². The topological polar surface area (TPSA) is 92.2 Å². The maximum Gasteiger partial charge on any atom is 0.339 e. The van der Waals surface area contributed by atoms with E-state index in [0.717, 1.165) is 23.3 Å². The molecular formula is C16H17N3O3S. The number of rotatable bonds is 3. The van der Waals surface area contributed by atoms with E-state index in [-0.39, 0.29) is 16.7 Å². The molecule has 0 aromatic carbocycles. The Morgan fingerprint density at radius 3 is 2.83 bits per heavy atom. The van der Waals surface area contributed by atoms with E-state index in [1.54, 1.807) is 0 Å². The number of aryl methyl sites for hydroxylation is 1. The average Bonchev–Trinajstić information content (AvgIpc) is 2.84. The number of aromatic carboxylic acids is 1. The Bertz CT molecular complexity index is 768. The van der Waals surface area contributed by atoms with Gasteiger partial charge in [-0.2, -0.15) is 0 Å². The van der Waals surface area contributed by atoms with E-state index >= 15 is 0 Å². The number of thiophene rings is 1. The summed E-state index contributed by atoms with van der Waals surface area (Å²) in [5, 5.41) is 12.7. The highest BCUT2D eigenvalue weighted by Gasteiger charge is 2.33. The van der Waals surface area contributed by atoms with Gasteiger partial charge in [0.15, 0.2) is 0 Å². The number of hydrogen-bond donors (Lipinski definition) is 2. The summed E-state index contributed by atoms with van der Waals surface area (Å²) in [6.07, 6.45) is 5.33. The lowest BCUT2D eigenvalue weighted by Crippen LogP contribution is -2.22. The molecule has 2 aromatic heterocycles. The molecule has 0 unspecified atom stereocenters. The molecule has 1 aliphatic rings. The van der Waals surface area contributed by atoms with Gasteiger partial charge in [0.1, 0.15) is 17.0 Å². The first kappa shape index (κ1) is 15.6. The van der Waals surface area contributed by atoms with Crippen molar-refractivity contribution in [1.29, 1.82) is 0 Å². The Hall–Kier alpha value is -2.28. The standard InChI is InChI=1S/C16H17N3O3S/c1-16(2)5-3-11-9(7-16)12(15(21)22)14(23-11)19-13(20)10-4-6-17-8-18-10/h4,6,8H,3,5,7H2,1-2H3,(H,19,20)(H,21,22). The molecule has 2 heterocycles. The number of carboxylic acid groups (broad SMARTS) is 1. The first-order chi connectivity index (χ1) is 10.9. The van der Waals surface area contributed by atoms with Gasteiger partial charge in [0.25, 0.3) is 5.91 Å². The van der Waals surface area contributed by atoms with Crippen molar-refractivity contribution in [3.05, 3.63) is 40.3 Å². The van der Waals surface area contributed by atoms with E-state index in [9.17, 15) is 14.7 Å². The van der Waals surface area contributed by atoms with Crippen LogP contribution >= 0.6 is 11.3 Å². The summed E-state index contributed by atoms with van der Waals surface area (Å²) < 4.78 is 0. The molecule has 2 aromatic rings. The second-order valence-electron chi connectivity index (χ2n) is 6.40. The van der Waals surface area contributed by atoms with Gasteiger partial charge in [-0.3, -0.25) is 4.79 Å². The molecule has 0 bridgehead atoms. The number of carbonyl (C=O) groups is 2. The van der Waals surface area contributed by atoms with Crippen molar-refractivity contribution in [2.75, 3.05) is 5.32 Å². The van der Waals surface area contributed by atoms with Crippen LogP contribution < -0.4 is 5.32 Å². The van der Waals surface area contributed by atoms with E-state index < -0.39 is 11.9 Å². The quantitative estimate of drug-likeness (QED) is 0.902. The van der Waals surface area contributed by atoms with Gasteiger partial charge in [0.05, 0.1) is 5.56 Å². The van der Waals surface area contributed by atoms with E-state index in [0.29, 0.717) is 11.4 Å². The lowest BCUT2D eigenvalue weighted by molar-refractivity contribution is 0.0696. The summed E-state index contributed by atoms with van der Waals surface area (Å²) >= 11 is 1.36. The molecule has 0 atom stereocenters. The summed E-state index contributed by atoms with van der Waals surface area (Å²) in [5.74, 6) is -1.43. The van der Waals surface area contributed by atoms with Crippen LogP contribution in [-0.4, -0.2) is 27.0 Å². The normalized spacial score (nSPS) is 15.7. The van der Waals surface area contributed by atoms with E-state index in [1.807, 2.05) is 0 Å². The maximum absolute atomic E-state index is 12.2. The van der Waals surface area contributed by atoms with Crippen LogP contribution in [0.2, 0.25) is 0 Å². The fourth-order valence-electron chi connectivity index (χ4n) is 2.83. The fourth-order valence-corrected chi connectivity index (χ4v) is 4.03. The minimum atomic E-state index is -1.00. The van der Waals surface area contributed by atoms with Crippen LogP contribution in [0.25, 0.3) is 0 Å². The zero-order valence-electron chi connectivity index (χ0n) is 12.9. The monoisotopic (exact) mass is 331 g/mol. The highest BCUT2D eigenvalue weighted by Crippen LogP contribution is 2.43. The fraction of sp³-hybridized carbons (Fsp3) is 0.375. The van der Waals surface area contributed by atoms with Crippen LogP contribution in [0.3, 0.4) is 0 Å². The number of nitrogens with one attached hydrogen (secondary N) is 1. The Morgan fingerprint density at radius 1 is 1.39 bits per heavy atom. The molecule has 7 heteroatoms. The molecule has 0 radical (unpaired) electrons. The molecule has 3 rings (SSSR count). The predicted molar refractivity (Wildman–Crippen MR) is 87.1 cm³/mol. The van der Waals surface area contributed by atoms with Crippen LogP contribution in [0.1, 0.15) is 51.6 Å². The molecule has 1 aliphatic carbocycles. The Kier molecular flexibility index (Phi) is 3.89. The number of anilines is 1. The summed E-state index contributed by atoms with van der Waals surface area (Å²) in [4.78, 5) is 32.7. The van der Waals surface area contributed by atoms with Crippen LogP contribution in [-0.2, 0) is 12.8 Å². The van der Waals surface area contributed by atoms with Gasteiger partial charge < -0.3 is 10.4 Å². The zero-order valence-corrected chi connectivity index (χ0v) is 13.7. The number of carboxylic acids is 1. The molecule has 2 N–H and O–H groups in total. The van der Waals surface area contributed by atoms with Crippen molar-refractivity contribution in [1.82, 2.24) is 9.97 Å². The van der Waals surface area contributed by atoms with Crippen LogP contribution in [0.5, 0.6) is 0 Å². The van der Waals surface area contributed by atoms with Crippen molar-refractivity contribution in [3.8, 4) is 0 Å². The molecule has 0 spiro atoms. The maximum atomic E-state index is 12.2. The van der Waals surface area contributed by atoms with Crippen molar-refractivity contribution in [2.45, 2.75) is 33.1 Å². The lowest BCUT2D eigenvalue weighted by atomic mass is 9.76. The van der Waals surface area contributed by atoms with Gasteiger partial charge in [0, 0.05) is 11.1 Å². The molecule has 0 saturated heterocycles. The summed E-state index contributed by atoms with van der Waals surface area (Å²) in [7, 11) is 0. The lowest BCUT2D eigenvalue weighted by Gasteiger charge is -2.29. The van der Waals surface area contributed by atoms with Crippen molar-refractivity contribution in [3.63, 3.8) is 0 Å². The number of fused-ring (bicyclic) bond motifs is 1. The first-order valence-corrected chi connectivity index (χ1v) is 8.14. The third-order valence-electron chi connectivity index (χ3n) is 4.03.